The van der Waals surface area contributed by atoms with E-state index in [9.17, 15) is 33.8 Å². The summed E-state index contributed by atoms with van der Waals surface area (Å²) in [4.78, 5) is 42.6. The van der Waals surface area contributed by atoms with E-state index in [0.29, 0.717) is 16.3 Å². The number of aliphatic hydroxyl groups is 1. The van der Waals surface area contributed by atoms with Crippen LogP contribution in [0, 0.1) is 0 Å². The molecule has 0 saturated carbocycles. The van der Waals surface area contributed by atoms with Gasteiger partial charge in [-0.25, -0.2) is 0 Å². The quantitative estimate of drug-likeness (QED) is 0.282. The van der Waals surface area contributed by atoms with Gasteiger partial charge in [0.15, 0.2) is 0 Å². The normalized spacial score (nSPS) is 21.8. The zero-order chi connectivity index (χ0) is 24.9. The second-order valence-electron chi connectivity index (χ2n) is 7.62. The Morgan fingerprint density at radius 3 is 2.06 bits per heavy atom. The Kier molecular flexibility index (Phi) is 6.72. The van der Waals surface area contributed by atoms with Crippen molar-refractivity contribution in [2.75, 3.05) is 23.9 Å². The van der Waals surface area contributed by atoms with E-state index < -0.39 is 20.2 Å². The second kappa shape index (κ2) is 9.02. The molecule has 0 aromatic heterocycles. The van der Waals surface area contributed by atoms with Crippen molar-refractivity contribution < 1.29 is 33.8 Å². The van der Waals surface area contributed by atoms with Crippen LogP contribution in [0.4, 0.5) is 11.4 Å². The van der Waals surface area contributed by atoms with Crippen molar-refractivity contribution in [1.82, 2.24) is 0 Å². The Morgan fingerprint density at radius 2 is 1.44 bits per heavy atom. The molecular formula is C21H22N2O7P2S2. The number of benzene rings is 2. The predicted molar refractivity (Wildman–Crippen MR) is 136 cm³/mol. The number of allylic oxidation sites excluding steroid dienone is 4. The zero-order valence-corrected chi connectivity index (χ0v) is 21.4. The Labute approximate surface area is 204 Å². The lowest BCUT2D eigenvalue weighted by Crippen LogP contribution is -2.38. The lowest BCUT2D eigenvalue weighted by molar-refractivity contribution is 0.191. The first kappa shape index (κ1) is 25.3. The standard InChI is InChI=1S/C21H22N2O7P2S2/c1-22-16-12-14(31(25,26)27)7-9-18(16)33-20(22)6-4-3-5-11-21(24)23(2)17-13-15(32(28,29)30)8-10-19(17)34-21/h3-13,24H,1-2H3,(H2,25,26,27)(H2,28,29,30)/t21-/m0/s1. The second-order valence-corrected chi connectivity index (χ2v) is 13.1. The van der Waals surface area contributed by atoms with Crippen molar-refractivity contribution in [3.05, 3.63) is 71.8 Å². The summed E-state index contributed by atoms with van der Waals surface area (Å²) in [6, 6.07) is 8.94. The molecule has 0 bridgehead atoms. The number of rotatable bonds is 5. The molecule has 4 rings (SSSR count). The summed E-state index contributed by atoms with van der Waals surface area (Å²) in [5.41, 5.74) is 1.24. The summed E-state index contributed by atoms with van der Waals surface area (Å²) < 4.78 is 23.1. The molecule has 180 valence electrons. The van der Waals surface area contributed by atoms with Crippen molar-refractivity contribution in [1.29, 1.82) is 0 Å². The van der Waals surface area contributed by atoms with Gasteiger partial charge in [0.1, 0.15) is 0 Å². The van der Waals surface area contributed by atoms with E-state index in [1.165, 1.54) is 36.0 Å². The third-order valence-electron chi connectivity index (χ3n) is 5.34. The fourth-order valence-corrected chi connectivity index (χ4v) is 6.75. The average Bonchev–Trinajstić information content (AvgIpc) is 3.19. The molecule has 1 atom stereocenters. The third kappa shape index (κ3) is 4.95. The van der Waals surface area contributed by atoms with Gasteiger partial charge in [0.25, 0.3) is 0 Å². The number of thioether (sulfide) groups is 2. The summed E-state index contributed by atoms with van der Waals surface area (Å²) in [6.07, 6.45) is 8.63. The van der Waals surface area contributed by atoms with Crippen LogP contribution in [-0.2, 0) is 9.13 Å². The van der Waals surface area contributed by atoms with E-state index in [1.54, 1.807) is 48.4 Å². The summed E-state index contributed by atoms with van der Waals surface area (Å²) in [7, 11) is -5.27. The average molecular weight is 540 g/mol. The van der Waals surface area contributed by atoms with Crippen LogP contribution in [0.15, 0.2) is 81.6 Å². The SMILES string of the molecule is CN1C(=CC=CC=C[C@]2(O)Sc3ccc(P(=O)(O)O)cc3N2C)Sc2ccc(P(=O)(O)O)cc21. The maximum atomic E-state index is 11.5. The Bertz CT molecular complexity index is 1330. The van der Waals surface area contributed by atoms with Crippen LogP contribution in [0.5, 0.6) is 0 Å². The number of anilines is 2. The van der Waals surface area contributed by atoms with Crippen molar-refractivity contribution in [3.8, 4) is 0 Å². The van der Waals surface area contributed by atoms with Crippen LogP contribution >= 0.6 is 38.7 Å². The van der Waals surface area contributed by atoms with Crippen molar-refractivity contribution in [2.45, 2.75) is 14.8 Å². The highest BCUT2D eigenvalue weighted by molar-refractivity contribution is 8.03. The molecule has 34 heavy (non-hydrogen) atoms. The van der Waals surface area contributed by atoms with E-state index >= 15 is 0 Å². The molecule has 2 aromatic rings. The van der Waals surface area contributed by atoms with Gasteiger partial charge in [-0.05, 0) is 48.6 Å². The number of hydrogen-bond acceptors (Lipinski definition) is 7. The van der Waals surface area contributed by atoms with Crippen molar-refractivity contribution in [2.24, 2.45) is 0 Å². The lowest BCUT2D eigenvalue weighted by atomic mass is 10.3. The van der Waals surface area contributed by atoms with E-state index in [2.05, 4.69) is 0 Å². The summed E-state index contributed by atoms with van der Waals surface area (Å²) >= 11 is 2.64. The van der Waals surface area contributed by atoms with Crippen LogP contribution in [0.25, 0.3) is 0 Å². The zero-order valence-electron chi connectivity index (χ0n) is 18.0. The van der Waals surface area contributed by atoms with Crippen LogP contribution < -0.4 is 20.4 Å². The first-order valence-electron chi connectivity index (χ1n) is 9.83. The number of nitrogens with zero attached hydrogens (tertiary/aromatic N) is 2. The van der Waals surface area contributed by atoms with Gasteiger partial charge in [-0.15, -0.1) is 0 Å². The van der Waals surface area contributed by atoms with Crippen molar-refractivity contribution in [3.63, 3.8) is 0 Å². The van der Waals surface area contributed by atoms with E-state index in [1.807, 2.05) is 18.0 Å². The predicted octanol–water partition coefficient (Wildman–Crippen LogP) is 2.68. The molecule has 0 amide bonds. The molecule has 2 aliphatic rings. The molecule has 0 unspecified atom stereocenters. The largest absolute Gasteiger partial charge is 0.359 e. The minimum absolute atomic E-state index is 0.0289. The van der Waals surface area contributed by atoms with E-state index in [-0.39, 0.29) is 10.6 Å². The summed E-state index contributed by atoms with van der Waals surface area (Å²) in [6.45, 7) is 0. The van der Waals surface area contributed by atoms with Crippen molar-refractivity contribution >= 4 is 60.7 Å². The van der Waals surface area contributed by atoms with E-state index in [4.69, 9.17) is 0 Å². The van der Waals surface area contributed by atoms with Gasteiger partial charge in [0, 0.05) is 23.9 Å². The highest BCUT2D eigenvalue weighted by atomic mass is 32.2. The third-order valence-corrected chi connectivity index (χ3v) is 9.70. The van der Waals surface area contributed by atoms with Gasteiger partial charge in [0.05, 0.1) is 27.0 Å². The first-order valence-corrected chi connectivity index (χ1v) is 14.7. The molecule has 13 heteroatoms. The minimum atomic E-state index is -4.40. The van der Waals surface area contributed by atoms with Gasteiger partial charge in [-0.3, -0.25) is 9.13 Å². The molecule has 0 radical (unpaired) electrons. The first-order chi connectivity index (χ1) is 15.8. The molecule has 0 spiro atoms. The van der Waals surface area contributed by atoms with Crippen LogP contribution in [-0.4, -0.2) is 43.8 Å². The molecule has 2 aromatic carbocycles. The maximum absolute atomic E-state index is 11.5. The Hall–Kier alpha value is -1.78. The van der Waals surface area contributed by atoms with Gasteiger partial charge in [0.2, 0.25) is 5.06 Å². The highest BCUT2D eigenvalue weighted by Gasteiger charge is 2.39. The molecule has 0 aliphatic carbocycles. The molecule has 2 aliphatic heterocycles. The summed E-state index contributed by atoms with van der Waals surface area (Å²) in [5, 5.41) is 10.3. The van der Waals surface area contributed by atoms with Gasteiger partial charge in [-0.1, -0.05) is 41.8 Å². The topological polar surface area (TPSA) is 142 Å². The summed E-state index contributed by atoms with van der Waals surface area (Å²) in [5.74, 6) is 0. The number of hydrogen-bond donors (Lipinski definition) is 5. The molecule has 2 heterocycles. The fourth-order valence-electron chi connectivity index (χ4n) is 3.45. The number of likely N-dealkylation sites (N-methyl/N-ethyl adjacent to an activating group) is 1. The Morgan fingerprint density at radius 1 is 0.853 bits per heavy atom. The molecule has 0 fully saturated rings. The van der Waals surface area contributed by atoms with Gasteiger partial charge < -0.3 is 34.5 Å². The smallest absolute Gasteiger partial charge is 0.356 e. The van der Waals surface area contributed by atoms with Crippen LogP contribution in [0.3, 0.4) is 0 Å². The van der Waals surface area contributed by atoms with Gasteiger partial charge >= 0.3 is 15.2 Å². The highest BCUT2D eigenvalue weighted by Crippen LogP contribution is 2.50. The monoisotopic (exact) mass is 540 g/mol. The fraction of sp³-hybridized carbons (Fsp3) is 0.143. The number of fused-ring (bicyclic) bond motifs is 2. The molecule has 0 saturated heterocycles. The molecule has 9 nitrogen and oxygen atoms in total. The minimum Gasteiger partial charge on any atom is -0.359 e. The molecule has 5 N–H and O–H groups in total. The Balaban J connectivity index is 1.46. The van der Waals surface area contributed by atoms with Crippen LogP contribution in [0.2, 0.25) is 0 Å². The van der Waals surface area contributed by atoms with Crippen LogP contribution in [0.1, 0.15) is 0 Å². The molecular weight excluding hydrogens is 518 g/mol. The maximum Gasteiger partial charge on any atom is 0.356 e. The lowest BCUT2D eigenvalue weighted by Gasteiger charge is -2.28. The van der Waals surface area contributed by atoms with E-state index in [0.717, 1.165) is 21.7 Å². The van der Waals surface area contributed by atoms with Gasteiger partial charge in [-0.2, -0.15) is 0 Å².